The lowest BCUT2D eigenvalue weighted by Gasteiger charge is -2.17. The predicted octanol–water partition coefficient (Wildman–Crippen LogP) is 7.22. The molecule has 3 aliphatic heterocycles. The van der Waals surface area contributed by atoms with Crippen molar-refractivity contribution in [3.63, 3.8) is 0 Å². The van der Waals surface area contributed by atoms with Crippen molar-refractivity contribution in [2.75, 3.05) is 85.3 Å². The molecule has 7 aromatic rings. The molecule has 0 unspecified atom stereocenters. The first-order chi connectivity index (χ1) is 36.5. The first kappa shape index (κ1) is 49.1. The van der Waals surface area contributed by atoms with Crippen molar-refractivity contribution >= 4 is 33.6 Å². The summed E-state index contributed by atoms with van der Waals surface area (Å²) < 4.78 is 72.1. The molecule has 6 heterocycles. The zero-order valence-corrected chi connectivity index (χ0v) is 43.1. The normalized spacial score (nSPS) is 13.4. The Morgan fingerprint density at radius 2 is 0.853 bits per heavy atom. The van der Waals surface area contributed by atoms with E-state index in [1.54, 1.807) is 38.5 Å². The molecule has 384 valence electrons. The third kappa shape index (κ3) is 7.64. The number of hydrogen-bond donors (Lipinski definition) is 1. The van der Waals surface area contributed by atoms with Crippen LogP contribution in [0, 0.1) is 10.1 Å². The van der Waals surface area contributed by atoms with Gasteiger partial charge in [0.25, 0.3) is 0 Å². The number of allylic oxidation sites excluding steroid dienone is 3. The van der Waals surface area contributed by atoms with Crippen LogP contribution in [0.5, 0.6) is 69.0 Å². The number of aromatic amines is 1. The van der Waals surface area contributed by atoms with E-state index in [2.05, 4.69) is 4.98 Å². The maximum Gasteiger partial charge on any atom is 0.307 e. The number of benzene rings is 4. The quantitative estimate of drug-likeness (QED) is 0.0709. The van der Waals surface area contributed by atoms with Crippen LogP contribution < -0.4 is 73.0 Å². The first-order valence-electron chi connectivity index (χ1n) is 23.1. The van der Waals surface area contributed by atoms with Gasteiger partial charge in [-0.3, -0.25) is 14.5 Å². The van der Waals surface area contributed by atoms with E-state index in [1.165, 1.54) is 71.1 Å². The van der Waals surface area contributed by atoms with Gasteiger partial charge in [-0.25, -0.2) is 9.98 Å². The number of H-pyrrole nitrogens is 1. The number of aliphatic imine (C=N–C) groups is 1. The Morgan fingerprint density at radius 3 is 1.27 bits per heavy atom. The van der Waals surface area contributed by atoms with Gasteiger partial charge in [0.15, 0.2) is 57.2 Å². The summed E-state index contributed by atoms with van der Waals surface area (Å²) in [6.45, 7) is 0. The molecule has 0 radical (unpaired) electrons. The predicted molar refractivity (Wildman–Crippen MR) is 279 cm³/mol. The van der Waals surface area contributed by atoms with E-state index in [9.17, 15) is 10.1 Å². The lowest BCUT2D eigenvalue weighted by Crippen LogP contribution is -2.20. The molecule has 6 bridgehead atoms. The highest BCUT2D eigenvalue weighted by atomic mass is 16.6. The highest BCUT2D eigenvalue weighted by molar-refractivity contribution is 6.30. The van der Waals surface area contributed by atoms with Crippen LogP contribution in [0.4, 0.5) is 0 Å². The Balaban J connectivity index is 1.46. The highest BCUT2D eigenvalue weighted by Gasteiger charge is 2.40. The number of rotatable bonds is 17. The molecule has 3 aliphatic rings. The van der Waals surface area contributed by atoms with Crippen LogP contribution in [0.15, 0.2) is 106 Å². The van der Waals surface area contributed by atoms with E-state index in [-0.39, 0.29) is 22.4 Å². The molecule has 4 aromatic carbocycles. The van der Waals surface area contributed by atoms with Crippen molar-refractivity contribution in [2.45, 2.75) is 0 Å². The summed E-state index contributed by atoms with van der Waals surface area (Å²) >= 11 is 0. The van der Waals surface area contributed by atoms with Gasteiger partial charge >= 0.3 is 5.70 Å². The van der Waals surface area contributed by atoms with Gasteiger partial charge in [0.2, 0.25) is 23.0 Å². The van der Waals surface area contributed by atoms with Crippen molar-refractivity contribution < 1.29 is 61.8 Å². The van der Waals surface area contributed by atoms with Crippen molar-refractivity contribution in [1.82, 2.24) is 9.38 Å². The molecular weight excluding hydrogens is 967 g/mol. The number of aromatic nitrogens is 2. The third-order valence-electron chi connectivity index (χ3n) is 13.4. The number of ether oxygens (including phenoxy) is 12. The van der Waals surface area contributed by atoms with Crippen LogP contribution in [0.2, 0.25) is 0 Å². The highest BCUT2D eigenvalue weighted by Crippen LogP contribution is 2.50. The van der Waals surface area contributed by atoms with Crippen LogP contribution in [0.1, 0.15) is 27.9 Å². The van der Waals surface area contributed by atoms with Crippen molar-refractivity contribution in [3.8, 4) is 80.1 Å². The Labute approximate surface area is 429 Å². The average molecular weight is 1020 g/mol. The van der Waals surface area contributed by atoms with E-state index < -0.39 is 4.92 Å². The Morgan fingerprint density at radius 1 is 0.453 bits per heavy atom. The van der Waals surface area contributed by atoms with Gasteiger partial charge in [0, 0.05) is 33.0 Å². The largest absolute Gasteiger partial charge is 0.493 e. The molecule has 0 atom stereocenters. The summed E-state index contributed by atoms with van der Waals surface area (Å²) in [6, 6.07) is 21.8. The van der Waals surface area contributed by atoms with Gasteiger partial charge < -0.3 is 61.8 Å². The number of hydrogen-bond acceptors (Lipinski definition) is 16. The maximum atomic E-state index is 14.3. The Kier molecular flexibility index (Phi) is 12.7. The lowest BCUT2D eigenvalue weighted by molar-refractivity contribution is -0.375. The molecule has 10 rings (SSSR count). The molecule has 75 heavy (non-hydrogen) atoms. The van der Waals surface area contributed by atoms with Crippen LogP contribution in [0.25, 0.3) is 39.1 Å². The standard InChI is InChI=1S/C56H51N5O14/c1-64-37-19-27(20-38(65-2)52(37)72-9)45-31-13-15-33(57-31)46(28-21-39(66-3)53(73-10)40(22-28)67-4)35-17-18-36-48(30-25-43(70-7)55(75-12)44(26-30)71-8)49-51(61(62)63)50(59-56(49)60(35)36)47(34-16-14-32(45)58-34)29-23-41(68-5)54(74-11)42(24-29)69-6/h13-26,58H,1-12H3. The summed E-state index contributed by atoms with van der Waals surface area (Å²) in [5.41, 5.74) is 6.57. The molecule has 0 spiro atoms. The van der Waals surface area contributed by atoms with Crippen molar-refractivity contribution in [2.24, 2.45) is 9.98 Å². The fraction of sp³-hybridized carbons (Fsp3) is 0.214. The molecule has 1 N–H and O–H groups in total. The molecule has 0 saturated heterocycles. The summed E-state index contributed by atoms with van der Waals surface area (Å²) in [5, 5.41) is 15.3. The number of fused-ring (bicyclic) bond motifs is 4. The summed E-state index contributed by atoms with van der Waals surface area (Å²) in [5.74, 6) is 4.22. The molecule has 3 aromatic heterocycles. The monoisotopic (exact) mass is 1020 g/mol. The van der Waals surface area contributed by atoms with Crippen LogP contribution in [-0.4, -0.2) is 105 Å². The van der Waals surface area contributed by atoms with Crippen molar-refractivity contribution in [1.29, 1.82) is 0 Å². The second-order valence-corrected chi connectivity index (χ2v) is 16.9. The van der Waals surface area contributed by atoms with E-state index in [0.29, 0.717) is 147 Å². The van der Waals surface area contributed by atoms with Gasteiger partial charge in [-0.1, -0.05) is 0 Å². The number of methoxy groups -OCH3 is 12. The number of nitro groups is 1. The van der Waals surface area contributed by atoms with Gasteiger partial charge in [0.1, 0.15) is 5.56 Å². The smallest absolute Gasteiger partial charge is 0.307 e. The fourth-order valence-corrected chi connectivity index (χ4v) is 10.2. The molecule has 0 aliphatic carbocycles. The zero-order valence-electron chi connectivity index (χ0n) is 43.1. The molecule has 0 saturated carbocycles. The minimum absolute atomic E-state index is 0.0229. The summed E-state index contributed by atoms with van der Waals surface area (Å²) in [6.07, 6.45) is 3.83. The summed E-state index contributed by atoms with van der Waals surface area (Å²) in [4.78, 5) is 28.4. The SMILES string of the molecule is COc1cc(C2=C3C=CC(=N3)C(c3cc(OC)c(OC)c(OC)c3)=c3ccc([nH]3)=C(c3cc(OC)c(OC)c(OC)c3)C3=C([N+](=O)[O-])c4c(-c5cc(OC)c(OC)c(OC)c5)c5ccc2n5c4=N3)cc(OC)c1OC. The van der Waals surface area contributed by atoms with E-state index in [1.807, 2.05) is 65.1 Å². The maximum absolute atomic E-state index is 14.3. The average Bonchev–Trinajstić information content (AvgIpc) is 4.30. The van der Waals surface area contributed by atoms with E-state index in [4.69, 9.17) is 66.8 Å². The van der Waals surface area contributed by atoms with Crippen LogP contribution >= 0.6 is 0 Å². The minimum atomic E-state index is -0.410. The van der Waals surface area contributed by atoms with Crippen LogP contribution in [-0.2, 0) is 0 Å². The second-order valence-electron chi connectivity index (χ2n) is 16.9. The molecule has 0 fully saturated rings. The first-order valence-corrected chi connectivity index (χ1v) is 23.1. The Hall–Kier alpha value is -9.52. The molecular formula is C56H51N5O14. The lowest BCUT2D eigenvalue weighted by atomic mass is 9.96. The van der Waals surface area contributed by atoms with Crippen molar-refractivity contribution in [3.05, 3.63) is 151 Å². The van der Waals surface area contributed by atoms with E-state index >= 15 is 0 Å². The number of nitrogens with one attached hydrogen (secondary N) is 1. The third-order valence-corrected chi connectivity index (χ3v) is 13.4. The summed E-state index contributed by atoms with van der Waals surface area (Å²) in [7, 11) is 18.3. The molecule has 19 heteroatoms. The Bertz CT molecular complexity index is 3760. The van der Waals surface area contributed by atoms with Crippen LogP contribution in [0.3, 0.4) is 0 Å². The minimum Gasteiger partial charge on any atom is -0.493 e. The molecule has 19 nitrogen and oxygen atoms in total. The van der Waals surface area contributed by atoms with Gasteiger partial charge in [-0.05, 0) is 107 Å². The second kappa shape index (κ2) is 19.5. The zero-order chi connectivity index (χ0) is 53.0. The van der Waals surface area contributed by atoms with E-state index in [0.717, 1.165) is 0 Å². The topological polar surface area (TPSA) is 199 Å². The molecule has 0 amide bonds. The van der Waals surface area contributed by atoms with Gasteiger partial charge in [-0.2, -0.15) is 0 Å². The fourth-order valence-electron chi connectivity index (χ4n) is 10.2. The number of nitrogens with zero attached hydrogens (tertiary/aromatic N) is 4. The van der Waals surface area contributed by atoms with Gasteiger partial charge in [-0.15, -0.1) is 0 Å². The van der Waals surface area contributed by atoms with Gasteiger partial charge in [0.05, 0.1) is 113 Å².